The minimum Gasteiger partial charge on any atom is -0.396 e. The van der Waals surface area contributed by atoms with Gasteiger partial charge >= 0.3 is 0 Å². The van der Waals surface area contributed by atoms with E-state index in [1.807, 2.05) is 56.0 Å². The van der Waals surface area contributed by atoms with Crippen molar-refractivity contribution in [2.75, 3.05) is 37.0 Å². The van der Waals surface area contributed by atoms with Crippen LogP contribution < -0.4 is 15.5 Å². The van der Waals surface area contributed by atoms with Crippen molar-refractivity contribution in [3.05, 3.63) is 78.5 Å². The molecule has 4 aromatic rings. The number of fused-ring (bicyclic) bond motifs is 1. The molecule has 1 aliphatic heterocycles. The van der Waals surface area contributed by atoms with E-state index in [-0.39, 0.29) is 6.61 Å². The fourth-order valence-electron chi connectivity index (χ4n) is 4.81. The fourth-order valence-corrected chi connectivity index (χ4v) is 4.81. The van der Waals surface area contributed by atoms with E-state index in [0.717, 1.165) is 71.2 Å². The lowest BCUT2D eigenvalue weighted by Gasteiger charge is -2.18. The van der Waals surface area contributed by atoms with Crippen molar-refractivity contribution in [1.82, 2.24) is 24.7 Å². The van der Waals surface area contributed by atoms with Gasteiger partial charge in [0.1, 0.15) is 17.8 Å². The largest absolute Gasteiger partial charge is 0.396 e. The Morgan fingerprint density at radius 1 is 1.16 bits per heavy atom. The summed E-state index contributed by atoms with van der Waals surface area (Å²) in [5, 5.41) is 23.2. The van der Waals surface area contributed by atoms with Crippen LogP contribution in [-0.4, -0.2) is 57.4 Å². The zero-order valence-electron chi connectivity index (χ0n) is 20.9. The minimum absolute atomic E-state index is 0.254. The van der Waals surface area contributed by atoms with Crippen molar-refractivity contribution >= 4 is 28.9 Å². The number of aromatic nitrogens is 4. The van der Waals surface area contributed by atoms with E-state index in [9.17, 15) is 5.11 Å². The van der Waals surface area contributed by atoms with Gasteiger partial charge in [0, 0.05) is 75.3 Å². The molecule has 9 heteroatoms. The van der Waals surface area contributed by atoms with Crippen LogP contribution in [0.2, 0.25) is 0 Å². The number of rotatable bonds is 10. The van der Waals surface area contributed by atoms with Crippen molar-refractivity contribution in [2.24, 2.45) is 5.92 Å². The highest BCUT2D eigenvalue weighted by molar-refractivity contribution is 6.08. The first kappa shape index (κ1) is 24.5. The van der Waals surface area contributed by atoms with E-state index >= 15 is 0 Å². The number of anilines is 2. The van der Waals surface area contributed by atoms with Gasteiger partial charge in [-0.3, -0.25) is 4.40 Å². The Balaban J connectivity index is 1.28. The molecule has 1 fully saturated rings. The molecular formula is C28H32N8O. The molecule has 190 valence electrons. The number of pyridine rings is 1. The van der Waals surface area contributed by atoms with Crippen LogP contribution in [0.1, 0.15) is 24.0 Å². The van der Waals surface area contributed by atoms with Crippen LogP contribution in [0.5, 0.6) is 0 Å². The lowest BCUT2D eigenvalue weighted by molar-refractivity contribution is 0.263. The maximum Gasteiger partial charge on any atom is 0.139 e. The van der Waals surface area contributed by atoms with Crippen molar-refractivity contribution in [1.29, 1.82) is 5.41 Å². The average Bonchev–Trinajstić information content (AvgIpc) is 3.58. The monoisotopic (exact) mass is 496 g/mol. The molecule has 37 heavy (non-hydrogen) atoms. The van der Waals surface area contributed by atoms with Gasteiger partial charge in [-0.2, -0.15) is 0 Å². The van der Waals surface area contributed by atoms with Gasteiger partial charge in [0.2, 0.25) is 0 Å². The van der Waals surface area contributed by atoms with Crippen LogP contribution in [0.3, 0.4) is 0 Å². The predicted octanol–water partition coefficient (Wildman–Crippen LogP) is 3.82. The van der Waals surface area contributed by atoms with Crippen molar-refractivity contribution in [2.45, 2.75) is 19.4 Å². The summed E-state index contributed by atoms with van der Waals surface area (Å²) < 4.78 is 2.05. The molecule has 1 saturated heterocycles. The van der Waals surface area contributed by atoms with Gasteiger partial charge in [0.25, 0.3) is 0 Å². The summed E-state index contributed by atoms with van der Waals surface area (Å²) in [5.41, 5.74) is 6.68. The summed E-state index contributed by atoms with van der Waals surface area (Å²) in [7, 11) is 1.83. The summed E-state index contributed by atoms with van der Waals surface area (Å²) in [5.74, 6) is 1.29. The number of nitrogens with one attached hydrogen (secondary N) is 3. The highest BCUT2D eigenvalue weighted by Gasteiger charge is 2.22. The summed E-state index contributed by atoms with van der Waals surface area (Å²) >= 11 is 0. The zero-order chi connectivity index (χ0) is 25.6. The van der Waals surface area contributed by atoms with Gasteiger partial charge in [-0.15, -0.1) is 0 Å². The molecule has 1 aromatic carbocycles. The lowest BCUT2D eigenvalue weighted by Crippen LogP contribution is -2.20. The van der Waals surface area contributed by atoms with Gasteiger partial charge < -0.3 is 26.0 Å². The maximum atomic E-state index is 9.24. The number of aliphatic hydroxyl groups is 1. The maximum absolute atomic E-state index is 9.24. The van der Waals surface area contributed by atoms with Crippen molar-refractivity contribution in [3.63, 3.8) is 0 Å². The molecule has 0 amide bonds. The van der Waals surface area contributed by atoms with Crippen LogP contribution in [0.15, 0.2) is 67.4 Å². The van der Waals surface area contributed by atoms with E-state index in [4.69, 9.17) is 5.41 Å². The Kier molecular flexibility index (Phi) is 7.41. The SMILES string of the molecule is CN/C=C(\C=N)c1ccc(CNc2cc(-c3cnc4cc(N5CCC(CCO)C5)ccn34)ncn2)cc1. The third kappa shape index (κ3) is 5.46. The summed E-state index contributed by atoms with van der Waals surface area (Å²) in [6.45, 7) is 2.86. The van der Waals surface area contributed by atoms with Crippen LogP contribution in [0.25, 0.3) is 22.6 Å². The Labute approximate surface area is 216 Å². The number of benzene rings is 1. The van der Waals surface area contributed by atoms with E-state index < -0.39 is 0 Å². The Morgan fingerprint density at radius 2 is 2.03 bits per heavy atom. The van der Waals surface area contributed by atoms with Gasteiger partial charge in [-0.05, 0) is 36.0 Å². The third-order valence-corrected chi connectivity index (χ3v) is 6.83. The van der Waals surface area contributed by atoms with E-state index in [0.29, 0.717) is 12.5 Å². The van der Waals surface area contributed by atoms with E-state index in [1.54, 1.807) is 6.33 Å². The molecule has 5 rings (SSSR count). The number of hydrogen-bond donors (Lipinski definition) is 4. The fraction of sp³-hybridized carbons (Fsp3) is 0.286. The van der Waals surface area contributed by atoms with Gasteiger partial charge in [-0.25, -0.2) is 15.0 Å². The molecule has 1 unspecified atom stereocenters. The standard InChI is InChI=1S/C28H32N8O/c1-30-16-23(14-29)22-4-2-20(3-5-22)15-31-27-13-25(33-19-34-27)26-17-32-28-12-24(7-10-36(26)28)35-9-6-21(18-35)8-11-37/h2-5,7,10,12-14,16-17,19,21,29-30,37H,6,8-9,11,15,18H2,1H3,(H,31,33,34)/b23-16+,29-14?. The number of imidazole rings is 1. The summed E-state index contributed by atoms with van der Waals surface area (Å²) in [6.07, 6.45) is 10.6. The van der Waals surface area contributed by atoms with E-state index in [2.05, 4.69) is 47.0 Å². The quantitative estimate of drug-likeness (QED) is 0.247. The molecule has 3 aromatic heterocycles. The molecule has 9 nitrogen and oxygen atoms in total. The summed E-state index contributed by atoms with van der Waals surface area (Å²) in [4.78, 5) is 15.9. The summed E-state index contributed by atoms with van der Waals surface area (Å²) in [6, 6.07) is 14.3. The van der Waals surface area contributed by atoms with E-state index in [1.165, 1.54) is 6.21 Å². The predicted molar refractivity (Wildman–Crippen MR) is 148 cm³/mol. The molecular weight excluding hydrogens is 464 g/mol. The molecule has 0 spiro atoms. The van der Waals surface area contributed by atoms with Gasteiger partial charge in [0.15, 0.2) is 0 Å². The second-order valence-electron chi connectivity index (χ2n) is 9.24. The zero-order valence-corrected chi connectivity index (χ0v) is 20.9. The molecule has 0 bridgehead atoms. The van der Waals surface area contributed by atoms with Crippen LogP contribution >= 0.6 is 0 Å². The van der Waals surface area contributed by atoms with Gasteiger partial charge in [0.05, 0.1) is 17.6 Å². The number of allylic oxidation sites excluding steroid dienone is 1. The highest BCUT2D eigenvalue weighted by Crippen LogP contribution is 2.28. The Hall–Kier alpha value is -4.24. The van der Waals surface area contributed by atoms with Crippen LogP contribution in [0, 0.1) is 11.3 Å². The molecule has 0 radical (unpaired) electrons. The normalized spacial score (nSPS) is 15.8. The first-order chi connectivity index (χ1) is 18.2. The highest BCUT2D eigenvalue weighted by atomic mass is 16.3. The molecule has 4 N–H and O–H groups in total. The first-order valence-electron chi connectivity index (χ1n) is 12.5. The second-order valence-corrected chi connectivity index (χ2v) is 9.24. The molecule has 0 saturated carbocycles. The van der Waals surface area contributed by atoms with Crippen LogP contribution in [0.4, 0.5) is 11.5 Å². The topological polar surface area (TPSA) is 114 Å². The molecule has 4 heterocycles. The Morgan fingerprint density at radius 3 is 2.81 bits per heavy atom. The molecule has 0 aliphatic carbocycles. The number of hydrogen-bond acceptors (Lipinski definition) is 8. The number of nitrogens with zero attached hydrogens (tertiary/aromatic N) is 5. The minimum atomic E-state index is 0.254. The lowest BCUT2D eigenvalue weighted by atomic mass is 10.1. The molecule has 1 aliphatic rings. The van der Waals surface area contributed by atoms with Crippen LogP contribution in [-0.2, 0) is 6.54 Å². The Bertz CT molecular complexity index is 1400. The average molecular weight is 497 g/mol. The number of aliphatic hydroxyl groups excluding tert-OH is 1. The first-order valence-corrected chi connectivity index (χ1v) is 12.5. The third-order valence-electron chi connectivity index (χ3n) is 6.83. The van der Waals surface area contributed by atoms with Gasteiger partial charge in [-0.1, -0.05) is 24.3 Å². The van der Waals surface area contributed by atoms with Crippen molar-refractivity contribution < 1.29 is 5.11 Å². The van der Waals surface area contributed by atoms with Crippen molar-refractivity contribution in [3.8, 4) is 11.4 Å². The second kappa shape index (κ2) is 11.2. The molecule has 1 atom stereocenters. The smallest absolute Gasteiger partial charge is 0.139 e.